The number of hydrogen-bond donors (Lipinski definition) is 3. The lowest BCUT2D eigenvalue weighted by Crippen LogP contribution is -2.01. The Labute approximate surface area is 136 Å². The van der Waals surface area contributed by atoms with Gasteiger partial charge in [0.2, 0.25) is 0 Å². The van der Waals surface area contributed by atoms with Gasteiger partial charge in [0.15, 0.2) is 0 Å². The summed E-state index contributed by atoms with van der Waals surface area (Å²) in [5.74, 6) is -0.278. The molecule has 21 heavy (non-hydrogen) atoms. The number of aromatic amines is 2. The van der Waals surface area contributed by atoms with E-state index in [1.54, 1.807) is 6.07 Å². The van der Waals surface area contributed by atoms with E-state index in [-0.39, 0.29) is 11.5 Å². The van der Waals surface area contributed by atoms with Crippen molar-refractivity contribution in [3.8, 4) is 0 Å². The van der Waals surface area contributed by atoms with Gasteiger partial charge in [-0.1, -0.05) is 15.9 Å². The monoisotopic (exact) mass is 413 g/mol. The first-order valence-electron chi connectivity index (χ1n) is 6.12. The van der Waals surface area contributed by atoms with Gasteiger partial charge in [-0.15, -0.1) is 0 Å². The van der Waals surface area contributed by atoms with Crippen LogP contribution in [0, 0.1) is 5.82 Å². The third kappa shape index (κ3) is 3.03. The average Bonchev–Trinajstić information content (AvgIpc) is 2.78. The summed E-state index contributed by atoms with van der Waals surface area (Å²) in [6.45, 7) is 0.455. The summed E-state index contributed by atoms with van der Waals surface area (Å²) in [6.07, 6.45) is 0. The van der Waals surface area contributed by atoms with E-state index in [0.29, 0.717) is 12.1 Å². The maximum atomic E-state index is 13.3. The highest BCUT2D eigenvalue weighted by atomic mass is 79.9. The molecule has 7 heteroatoms. The average molecular weight is 415 g/mol. The van der Waals surface area contributed by atoms with Gasteiger partial charge in [0.1, 0.15) is 5.82 Å². The maximum absolute atomic E-state index is 13.3. The fraction of sp³-hybridized carbons (Fsp3) is 0.0714. The molecule has 0 bridgehead atoms. The molecule has 3 N–H and O–H groups in total. The second kappa shape index (κ2) is 5.65. The summed E-state index contributed by atoms with van der Waals surface area (Å²) >= 11 is 6.84. The molecule has 4 nitrogen and oxygen atoms in total. The molecule has 0 amide bonds. The minimum absolute atomic E-state index is 0.248. The van der Waals surface area contributed by atoms with Crippen LogP contribution in [-0.2, 0) is 6.54 Å². The smallest absolute Gasteiger partial charge is 0.323 e. The van der Waals surface area contributed by atoms with Crippen molar-refractivity contribution in [1.29, 1.82) is 0 Å². The van der Waals surface area contributed by atoms with E-state index in [1.165, 1.54) is 12.1 Å². The number of aromatic nitrogens is 2. The molecule has 0 fully saturated rings. The molecule has 0 aliphatic heterocycles. The van der Waals surface area contributed by atoms with Crippen molar-refractivity contribution in [3.05, 3.63) is 61.1 Å². The molecule has 0 aliphatic carbocycles. The van der Waals surface area contributed by atoms with Crippen molar-refractivity contribution in [2.75, 3.05) is 5.32 Å². The van der Waals surface area contributed by atoms with Crippen molar-refractivity contribution in [2.45, 2.75) is 6.54 Å². The second-order valence-electron chi connectivity index (χ2n) is 4.55. The summed E-state index contributed by atoms with van der Waals surface area (Å²) in [7, 11) is 0. The molecule has 0 spiro atoms. The lowest BCUT2D eigenvalue weighted by molar-refractivity contribution is 0.625. The minimum Gasteiger partial charge on any atom is -0.380 e. The van der Waals surface area contributed by atoms with E-state index in [9.17, 15) is 9.18 Å². The molecule has 1 aromatic heterocycles. The van der Waals surface area contributed by atoms with Crippen LogP contribution in [0.15, 0.2) is 44.1 Å². The van der Waals surface area contributed by atoms with E-state index < -0.39 is 0 Å². The van der Waals surface area contributed by atoms with Gasteiger partial charge in [-0.3, -0.25) is 0 Å². The lowest BCUT2D eigenvalue weighted by Gasteiger charge is -2.10. The highest BCUT2D eigenvalue weighted by Gasteiger charge is 2.07. The largest absolute Gasteiger partial charge is 0.380 e. The number of halogens is 3. The molecule has 3 aromatic rings. The molecule has 0 saturated carbocycles. The van der Waals surface area contributed by atoms with Crippen LogP contribution < -0.4 is 11.0 Å². The zero-order valence-corrected chi connectivity index (χ0v) is 13.8. The summed E-state index contributed by atoms with van der Waals surface area (Å²) in [5.41, 5.74) is 2.81. The van der Waals surface area contributed by atoms with Crippen molar-refractivity contribution < 1.29 is 4.39 Å². The Morgan fingerprint density at radius 1 is 1.05 bits per heavy atom. The van der Waals surface area contributed by atoms with Crippen LogP contribution in [0.4, 0.5) is 10.1 Å². The molecule has 3 rings (SSSR count). The standard InChI is InChI=1S/C14H10Br2FN3O/c15-9-2-1-8(17)3-7(9)6-18-11-5-13-12(4-10(11)16)19-14(21)20-13/h1-5,18H,6H2,(H2,19,20,21). The number of rotatable bonds is 3. The Hall–Kier alpha value is -1.60. The van der Waals surface area contributed by atoms with E-state index in [2.05, 4.69) is 47.1 Å². The summed E-state index contributed by atoms with van der Waals surface area (Å²) < 4.78 is 14.9. The minimum atomic E-state index is -0.278. The first kappa shape index (κ1) is 14.3. The first-order chi connectivity index (χ1) is 10.0. The van der Waals surface area contributed by atoms with Crippen LogP contribution in [0.3, 0.4) is 0 Å². The predicted molar refractivity (Wildman–Crippen MR) is 88.0 cm³/mol. The van der Waals surface area contributed by atoms with Gasteiger partial charge in [-0.05, 0) is 51.8 Å². The Balaban J connectivity index is 1.89. The first-order valence-corrected chi connectivity index (χ1v) is 7.71. The molecular formula is C14H10Br2FN3O. The van der Waals surface area contributed by atoms with E-state index in [4.69, 9.17) is 0 Å². The van der Waals surface area contributed by atoms with Gasteiger partial charge < -0.3 is 15.3 Å². The van der Waals surface area contributed by atoms with Gasteiger partial charge >= 0.3 is 5.69 Å². The van der Waals surface area contributed by atoms with Crippen molar-refractivity contribution in [1.82, 2.24) is 9.97 Å². The SMILES string of the molecule is O=c1[nH]c2cc(Br)c(NCc3cc(F)ccc3Br)cc2[nH]1. The quantitative estimate of drug-likeness (QED) is 0.603. The van der Waals surface area contributed by atoms with Crippen molar-refractivity contribution in [2.24, 2.45) is 0 Å². The molecule has 2 aromatic carbocycles. The topological polar surface area (TPSA) is 60.7 Å². The highest BCUT2D eigenvalue weighted by Crippen LogP contribution is 2.27. The number of fused-ring (bicyclic) bond motifs is 1. The third-order valence-electron chi connectivity index (χ3n) is 3.08. The number of H-pyrrole nitrogens is 2. The number of imidazole rings is 1. The Kier molecular flexibility index (Phi) is 3.86. The maximum Gasteiger partial charge on any atom is 0.323 e. The molecule has 0 unspecified atom stereocenters. The summed E-state index contributed by atoms with van der Waals surface area (Å²) in [4.78, 5) is 16.7. The summed E-state index contributed by atoms with van der Waals surface area (Å²) in [6, 6.07) is 8.19. The Morgan fingerprint density at radius 2 is 1.76 bits per heavy atom. The zero-order chi connectivity index (χ0) is 15.0. The zero-order valence-electron chi connectivity index (χ0n) is 10.6. The summed E-state index contributed by atoms with van der Waals surface area (Å²) in [5, 5.41) is 3.22. The van der Waals surface area contributed by atoms with Crippen LogP contribution in [0.1, 0.15) is 5.56 Å². The van der Waals surface area contributed by atoms with Gasteiger partial charge in [0.05, 0.1) is 16.7 Å². The molecule has 0 aliphatic rings. The molecule has 0 radical (unpaired) electrons. The number of nitrogens with one attached hydrogen (secondary N) is 3. The highest BCUT2D eigenvalue weighted by molar-refractivity contribution is 9.11. The van der Waals surface area contributed by atoms with Gasteiger partial charge in [-0.25, -0.2) is 9.18 Å². The van der Waals surface area contributed by atoms with E-state index in [1.807, 2.05) is 12.1 Å². The molecular weight excluding hydrogens is 405 g/mol. The Morgan fingerprint density at radius 3 is 2.52 bits per heavy atom. The van der Waals surface area contributed by atoms with Crippen LogP contribution in [0.2, 0.25) is 0 Å². The van der Waals surface area contributed by atoms with E-state index in [0.717, 1.165) is 25.7 Å². The third-order valence-corrected chi connectivity index (χ3v) is 4.51. The number of hydrogen-bond acceptors (Lipinski definition) is 2. The fourth-order valence-electron chi connectivity index (χ4n) is 2.06. The van der Waals surface area contributed by atoms with Crippen LogP contribution in [0.5, 0.6) is 0 Å². The van der Waals surface area contributed by atoms with Crippen LogP contribution in [-0.4, -0.2) is 9.97 Å². The molecule has 0 saturated heterocycles. The molecule has 0 atom stereocenters. The van der Waals surface area contributed by atoms with Crippen molar-refractivity contribution in [3.63, 3.8) is 0 Å². The van der Waals surface area contributed by atoms with Crippen LogP contribution in [0.25, 0.3) is 11.0 Å². The van der Waals surface area contributed by atoms with Gasteiger partial charge in [0.25, 0.3) is 0 Å². The van der Waals surface area contributed by atoms with Gasteiger partial charge in [-0.2, -0.15) is 0 Å². The predicted octanol–water partition coefficient (Wildman–Crippen LogP) is 4.13. The normalized spacial score (nSPS) is 11.0. The Bertz CT molecular complexity index is 872. The van der Waals surface area contributed by atoms with Crippen LogP contribution >= 0.6 is 31.9 Å². The molecule has 108 valence electrons. The van der Waals surface area contributed by atoms with Gasteiger partial charge in [0, 0.05) is 15.5 Å². The second-order valence-corrected chi connectivity index (χ2v) is 6.25. The number of anilines is 1. The molecule has 1 heterocycles. The van der Waals surface area contributed by atoms with Crippen molar-refractivity contribution >= 4 is 48.6 Å². The number of benzene rings is 2. The van der Waals surface area contributed by atoms with E-state index >= 15 is 0 Å². The lowest BCUT2D eigenvalue weighted by atomic mass is 10.2. The fourth-order valence-corrected chi connectivity index (χ4v) is 2.93.